The molecule has 1 nitrogen and oxygen atoms in total. The molecule has 0 bridgehead atoms. The summed E-state index contributed by atoms with van der Waals surface area (Å²) in [6.45, 7) is 0. The summed E-state index contributed by atoms with van der Waals surface area (Å²) < 4.78 is 5.21. The van der Waals surface area contributed by atoms with Crippen molar-refractivity contribution in [3.8, 4) is 33.4 Å². The quantitative estimate of drug-likeness (QED) is 0.164. The lowest BCUT2D eigenvalue weighted by molar-refractivity contribution is 1.30. The maximum atomic E-state index is 2.49. The van der Waals surface area contributed by atoms with Crippen LogP contribution in [0, 0.1) is 0 Å². The second-order valence-electron chi connectivity index (χ2n) is 14.1. The highest BCUT2D eigenvalue weighted by Gasteiger charge is 2.22. The van der Waals surface area contributed by atoms with Crippen LogP contribution in [0.3, 0.4) is 0 Å². The minimum absolute atomic E-state index is 1.12. The standard InChI is InChI=1S/C52H33NS2/c1-2-16-40-35(12-1)13-10-20-41(40)36-28-26-34(27-29-36)37-14-9-15-39(32-37)53(47-22-11-25-50-52(47)45-19-5-8-24-49(45)54-50)46-21-6-3-17-42(46)38-30-31-44-43-18-4-7-23-48(43)55-51(44)33-38/h1-33H. The first-order chi connectivity index (χ1) is 27.3. The van der Waals surface area contributed by atoms with Crippen LogP contribution in [-0.2, 0) is 0 Å². The third-order valence-electron chi connectivity index (χ3n) is 10.9. The smallest absolute Gasteiger partial charge is 0.0555 e. The van der Waals surface area contributed by atoms with Crippen LogP contribution in [0.2, 0.25) is 0 Å². The SMILES string of the molecule is c1cc(-c2ccc(-c3cccc4ccccc34)cc2)cc(N(c2ccccc2-c2ccc3c(c2)sc2ccccc23)c2cccc3sc4ccccc4c23)c1. The molecule has 258 valence electrons. The molecule has 0 spiro atoms. The molecule has 9 aromatic carbocycles. The fraction of sp³-hybridized carbons (Fsp3) is 0. The lowest BCUT2D eigenvalue weighted by Crippen LogP contribution is -2.11. The van der Waals surface area contributed by atoms with Crippen molar-refractivity contribution in [2.75, 3.05) is 4.90 Å². The van der Waals surface area contributed by atoms with Crippen LogP contribution in [0.5, 0.6) is 0 Å². The molecule has 55 heavy (non-hydrogen) atoms. The average molecular weight is 736 g/mol. The first-order valence-corrected chi connectivity index (χ1v) is 20.3. The molecule has 0 radical (unpaired) electrons. The Balaban J connectivity index is 1.08. The van der Waals surface area contributed by atoms with Crippen LogP contribution in [0.15, 0.2) is 200 Å². The Labute approximate surface area is 327 Å². The summed E-state index contributed by atoms with van der Waals surface area (Å²) in [4.78, 5) is 2.49. The Morgan fingerprint density at radius 3 is 1.78 bits per heavy atom. The summed E-state index contributed by atoms with van der Waals surface area (Å²) in [6, 6.07) is 73.5. The number of para-hydroxylation sites is 1. The van der Waals surface area contributed by atoms with Gasteiger partial charge in [0.05, 0.1) is 11.4 Å². The highest BCUT2D eigenvalue weighted by Crippen LogP contribution is 2.48. The molecular weight excluding hydrogens is 703 g/mol. The molecule has 0 aliphatic heterocycles. The topological polar surface area (TPSA) is 3.24 Å². The van der Waals surface area contributed by atoms with Crippen molar-refractivity contribution in [2.45, 2.75) is 0 Å². The van der Waals surface area contributed by atoms with Crippen molar-refractivity contribution in [3.05, 3.63) is 200 Å². The predicted octanol–water partition coefficient (Wildman–Crippen LogP) is 16.0. The van der Waals surface area contributed by atoms with Gasteiger partial charge in [0.15, 0.2) is 0 Å². The number of thiophene rings is 2. The van der Waals surface area contributed by atoms with Gasteiger partial charge in [-0.15, -0.1) is 22.7 Å². The Hall–Kier alpha value is -6.52. The lowest BCUT2D eigenvalue weighted by atomic mass is 9.96. The highest BCUT2D eigenvalue weighted by atomic mass is 32.1. The summed E-state index contributed by atoms with van der Waals surface area (Å²) in [6.07, 6.45) is 0. The molecule has 0 saturated heterocycles. The molecule has 3 heteroatoms. The number of hydrogen-bond acceptors (Lipinski definition) is 3. The Morgan fingerprint density at radius 1 is 0.309 bits per heavy atom. The zero-order valence-corrected chi connectivity index (χ0v) is 31.4. The Morgan fingerprint density at radius 2 is 0.891 bits per heavy atom. The molecular formula is C52H33NS2. The minimum Gasteiger partial charge on any atom is -0.309 e. The summed E-state index contributed by atoms with van der Waals surface area (Å²) in [5, 5.41) is 7.73. The second kappa shape index (κ2) is 13.1. The largest absolute Gasteiger partial charge is 0.309 e. The number of hydrogen-bond donors (Lipinski definition) is 0. The summed E-state index contributed by atoms with van der Waals surface area (Å²) in [5.41, 5.74) is 10.7. The maximum absolute atomic E-state index is 2.49. The van der Waals surface area contributed by atoms with Gasteiger partial charge in [0.2, 0.25) is 0 Å². The van der Waals surface area contributed by atoms with Crippen LogP contribution in [-0.4, -0.2) is 0 Å². The normalized spacial score (nSPS) is 11.6. The van der Waals surface area contributed by atoms with Crippen LogP contribution in [0.25, 0.3) is 84.5 Å². The van der Waals surface area contributed by atoms with E-state index < -0.39 is 0 Å². The fourth-order valence-electron chi connectivity index (χ4n) is 8.30. The van der Waals surface area contributed by atoms with E-state index in [-0.39, 0.29) is 0 Å². The van der Waals surface area contributed by atoms with E-state index in [0.717, 1.165) is 11.4 Å². The number of anilines is 3. The molecule has 11 rings (SSSR count). The molecule has 2 aromatic heterocycles. The molecule has 0 aliphatic carbocycles. The van der Waals surface area contributed by atoms with E-state index in [1.54, 1.807) is 0 Å². The molecule has 0 saturated carbocycles. The van der Waals surface area contributed by atoms with E-state index in [4.69, 9.17) is 0 Å². The third-order valence-corrected chi connectivity index (χ3v) is 13.1. The lowest BCUT2D eigenvalue weighted by Gasteiger charge is -2.29. The molecule has 0 atom stereocenters. The van der Waals surface area contributed by atoms with E-state index in [0.29, 0.717) is 0 Å². The predicted molar refractivity (Wildman–Crippen MR) is 241 cm³/mol. The van der Waals surface area contributed by atoms with Gasteiger partial charge in [-0.05, 0) is 87.1 Å². The minimum atomic E-state index is 1.12. The average Bonchev–Trinajstić information content (AvgIpc) is 3.82. The van der Waals surface area contributed by atoms with Gasteiger partial charge in [-0.2, -0.15) is 0 Å². The number of rotatable bonds is 6. The van der Waals surface area contributed by atoms with E-state index in [9.17, 15) is 0 Å². The van der Waals surface area contributed by atoms with Gasteiger partial charge >= 0.3 is 0 Å². The second-order valence-corrected chi connectivity index (χ2v) is 16.2. The van der Waals surface area contributed by atoms with Crippen LogP contribution in [0.1, 0.15) is 0 Å². The van der Waals surface area contributed by atoms with Crippen molar-refractivity contribution in [1.29, 1.82) is 0 Å². The van der Waals surface area contributed by atoms with E-state index >= 15 is 0 Å². The van der Waals surface area contributed by atoms with E-state index in [2.05, 4.69) is 205 Å². The fourth-order valence-corrected chi connectivity index (χ4v) is 10.6. The van der Waals surface area contributed by atoms with Crippen molar-refractivity contribution >= 4 is 90.9 Å². The molecule has 0 unspecified atom stereocenters. The number of benzene rings is 9. The third kappa shape index (κ3) is 5.43. The van der Waals surface area contributed by atoms with Gasteiger partial charge in [0.1, 0.15) is 0 Å². The van der Waals surface area contributed by atoms with Gasteiger partial charge in [0.25, 0.3) is 0 Å². The first-order valence-electron chi connectivity index (χ1n) is 18.7. The Bertz CT molecular complexity index is 3220. The molecule has 0 fully saturated rings. The van der Waals surface area contributed by atoms with Crippen LogP contribution in [0.4, 0.5) is 17.1 Å². The van der Waals surface area contributed by atoms with E-state index in [1.165, 1.54) is 90.2 Å². The van der Waals surface area contributed by atoms with Crippen LogP contribution >= 0.6 is 22.7 Å². The molecule has 0 N–H and O–H groups in total. The van der Waals surface area contributed by atoms with Crippen molar-refractivity contribution in [3.63, 3.8) is 0 Å². The summed E-state index contributed by atoms with van der Waals surface area (Å²) in [5.74, 6) is 0. The van der Waals surface area contributed by atoms with Crippen molar-refractivity contribution < 1.29 is 0 Å². The van der Waals surface area contributed by atoms with Crippen molar-refractivity contribution in [2.24, 2.45) is 0 Å². The molecule has 0 amide bonds. The zero-order chi connectivity index (χ0) is 36.3. The summed E-state index contributed by atoms with van der Waals surface area (Å²) in [7, 11) is 0. The zero-order valence-electron chi connectivity index (χ0n) is 29.8. The van der Waals surface area contributed by atoms with Gasteiger partial charge < -0.3 is 4.90 Å². The van der Waals surface area contributed by atoms with Gasteiger partial charge in [-0.1, -0.05) is 152 Å². The monoisotopic (exact) mass is 735 g/mol. The summed E-state index contributed by atoms with van der Waals surface area (Å²) >= 11 is 3.73. The molecule has 0 aliphatic rings. The Kier molecular flexibility index (Phi) is 7.61. The van der Waals surface area contributed by atoms with Gasteiger partial charge in [0, 0.05) is 51.6 Å². The highest BCUT2D eigenvalue weighted by molar-refractivity contribution is 7.26. The molecule has 2 heterocycles. The number of fused-ring (bicyclic) bond motifs is 7. The number of nitrogens with zero attached hydrogens (tertiary/aromatic N) is 1. The van der Waals surface area contributed by atoms with Gasteiger partial charge in [-0.25, -0.2) is 0 Å². The van der Waals surface area contributed by atoms with Gasteiger partial charge in [-0.3, -0.25) is 0 Å². The molecule has 11 aromatic rings. The maximum Gasteiger partial charge on any atom is 0.0555 e. The first kappa shape index (κ1) is 32.0. The van der Waals surface area contributed by atoms with E-state index in [1.807, 2.05) is 22.7 Å². The van der Waals surface area contributed by atoms with Crippen LogP contribution < -0.4 is 4.90 Å². The van der Waals surface area contributed by atoms with Crippen molar-refractivity contribution in [1.82, 2.24) is 0 Å².